The molecule has 1 aromatic heterocycles. The third-order valence-electron chi connectivity index (χ3n) is 3.03. The Morgan fingerprint density at radius 2 is 2.05 bits per heavy atom. The number of nitrogens with zero attached hydrogens (tertiary/aromatic N) is 2. The van der Waals surface area contributed by atoms with Gasteiger partial charge in [0, 0.05) is 17.4 Å². The molecule has 1 amide bonds. The Morgan fingerprint density at radius 1 is 1.36 bits per heavy atom. The van der Waals surface area contributed by atoms with Crippen LogP contribution in [0.1, 0.15) is 21.5 Å². The van der Waals surface area contributed by atoms with E-state index in [9.17, 15) is 14.9 Å². The lowest BCUT2D eigenvalue weighted by Gasteiger charge is -2.07. The number of benzene rings is 1. The minimum atomic E-state index is -0.518. The van der Waals surface area contributed by atoms with Crippen LogP contribution >= 0.6 is 11.8 Å². The Bertz CT molecular complexity index is 702. The molecule has 0 aliphatic heterocycles. The zero-order valence-corrected chi connectivity index (χ0v) is 13.0. The smallest absolute Gasteiger partial charge is 0.287 e. The van der Waals surface area contributed by atoms with E-state index in [1.54, 1.807) is 30.8 Å². The molecule has 6 nitrogen and oxygen atoms in total. The number of thioether (sulfide) groups is 1. The Labute approximate surface area is 132 Å². The second-order valence-electron chi connectivity index (χ2n) is 4.70. The summed E-state index contributed by atoms with van der Waals surface area (Å²) in [7, 11) is 0. The Hall–Kier alpha value is -2.41. The van der Waals surface area contributed by atoms with Gasteiger partial charge in [-0.25, -0.2) is 4.98 Å². The summed E-state index contributed by atoms with van der Waals surface area (Å²) in [5.41, 5.74) is 2.11. The van der Waals surface area contributed by atoms with Gasteiger partial charge in [-0.15, -0.1) is 0 Å². The molecule has 7 heteroatoms. The molecule has 1 heterocycles. The van der Waals surface area contributed by atoms with Crippen LogP contribution in [0.5, 0.6) is 0 Å². The van der Waals surface area contributed by atoms with Gasteiger partial charge in [-0.05, 0) is 36.4 Å². The molecule has 1 aromatic carbocycles. The number of carbonyl (C=O) groups is 1. The highest BCUT2D eigenvalue weighted by atomic mass is 32.2. The highest BCUT2D eigenvalue weighted by molar-refractivity contribution is 7.97. The minimum absolute atomic E-state index is 0.100. The van der Waals surface area contributed by atoms with E-state index in [0.29, 0.717) is 16.9 Å². The number of amides is 1. The molecule has 1 N–H and O–H groups in total. The molecule has 0 aliphatic rings. The maximum atomic E-state index is 12.2. The summed E-state index contributed by atoms with van der Waals surface area (Å²) in [6, 6.07) is 8.69. The molecule has 0 saturated carbocycles. The van der Waals surface area contributed by atoms with Crippen molar-refractivity contribution < 1.29 is 9.72 Å². The van der Waals surface area contributed by atoms with E-state index in [1.165, 1.54) is 6.07 Å². The molecule has 0 aliphatic carbocycles. The van der Waals surface area contributed by atoms with Crippen molar-refractivity contribution in [1.82, 2.24) is 4.98 Å². The van der Waals surface area contributed by atoms with Gasteiger partial charge in [-0.1, -0.05) is 12.1 Å². The first kappa shape index (κ1) is 16.0. The third kappa shape index (κ3) is 3.82. The highest BCUT2D eigenvalue weighted by Crippen LogP contribution is 2.19. The summed E-state index contributed by atoms with van der Waals surface area (Å²) >= 11 is 1.71. The van der Waals surface area contributed by atoms with E-state index in [4.69, 9.17) is 0 Å². The molecule has 0 saturated heterocycles. The van der Waals surface area contributed by atoms with Gasteiger partial charge in [0.2, 0.25) is 0 Å². The predicted molar refractivity (Wildman–Crippen MR) is 87.2 cm³/mol. The van der Waals surface area contributed by atoms with E-state index in [-0.39, 0.29) is 11.6 Å². The van der Waals surface area contributed by atoms with Crippen molar-refractivity contribution in [2.75, 3.05) is 11.6 Å². The number of rotatable bonds is 5. The maximum absolute atomic E-state index is 12.2. The van der Waals surface area contributed by atoms with E-state index >= 15 is 0 Å². The average Bonchev–Trinajstić information content (AvgIpc) is 2.50. The molecular formula is C15H15N3O3S. The molecule has 0 fully saturated rings. The van der Waals surface area contributed by atoms with Gasteiger partial charge in [0.25, 0.3) is 11.6 Å². The van der Waals surface area contributed by atoms with Crippen LogP contribution in [0.3, 0.4) is 0 Å². The lowest BCUT2D eigenvalue weighted by Crippen LogP contribution is -2.14. The molecule has 0 radical (unpaired) electrons. The molecule has 0 bridgehead atoms. The topological polar surface area (TPSA) is 85.1 Å². The number of nitrogens with one attached hydrogen (secondary N) is 1. The van der Waals surface area contributed by atoms with Crippen LogP contribution in [0.15, 0.2) is 36.5 Å². The molecule has 22 heavy (non-hydrogen) atoms. The van der Waals surface area contributed by atoms with Gasteiger partial charge >= 0.3 is 0 Å². The van der Waals surface area contributed by atoms with Crippen LogP contribution in [-0.2, 0) is 5.75 Å². The first-order valence-electron chi connectivity index (χ1n) is 6.51. The van der Waals surface area contributed by atoms with Crippen molar-refractivity contribution in [3.63, 3.8) is 0 Å². The van der Waals surface area contributed by atoms with Crippen LogP contribution in [-0.4, -0.2) is 22.1 Å². The SMILES string of the molecule is CSCc1ccc(C(=O)Nc2ncc([N+](=O)[O-])cc2C)cc1. The van der Waals surface area contributed by atoms with Gasteiger partial charge in [-0.2, -0.15) is 11.8 Å². The molecule has 114 valence electrons. The fourth-order valence-corrected chi connectivity index (χ4v) is 2.42. The zero-order valence-electron chi connectivity index (χ0n) is 12.2. The number of aromatic nitrogens is 1. The first-order valence-corrected chi connectivity index (χ1v) is 7.91. The van der Waals surface area contributed by atoms with Crippen molar-refractivity contribution in [2.45, 2.75) is 12.7 Å². The maximum Gasteiger partial charge on any atom is 0.287 e. The van der Waals surface area contributed by atoms with E-state index in [1.807, 2.05) is 18.4 Å². The number of pyridine rings is 1. The lowest BCUT2D eigenvalue weighted by molar-refractivity contribution is -0.385. The van der Waals surface area contributed by atoms with Gasteiger partial charge in [0.1, 0.15) is 12.0 Å². The number of nitro groups is 1. The first-order chi connectivity index (χ1) is 10.5. The fourth-order valence-electron chi connectivity index (χ4n) is 1.89. The summed E-state index contributed by atoms with van der Waals surface area (Å²) in [5.74, 6) is 0.925. The number of carbonyl (C=O) groups excluding carboxylic acids is 1. The summed E-state index contributed by atoms with van der Waals surface area (Å²) in [4.78, 5) is 26.3. The molecule has 0 atom stereocenters. The van der Waals surface area contributed by atoms with Crippen LogP contribution in [0.4, 0.5) is 11.5 Å². The Balaban J connectivity index is 2.13. The monoisotopic (exact) mass is 317 g/mol. The van der Waals surface area contributed by atoms with Crippen LogP contribution < -0.4 is 5.32 Å². The fraction of sp³-hybridized carbons (Fsp3) is 0.200. The molecule has 2 aromatic rings. The number of hydrogen-bond acceptors (Lipinski definition) is 5. The highest BCUT2D eigenvalue weighted by Gasteiger charge is 2.12. The molecular weight excluding hydrogens is 302 g/mol. The number of hydrogen-bond donors (Lipinski definition) is 1. The third-order valence-corrected chi connectivity index (χ3v) is 3.66. The summed E-state index contributed by atoms with van der Waals surface area (Å²) in [5, 5.41) is 13.3. The van der Waals surface area contributed by atoms with E-state index in [2.05, 4.69) is 10.3 Å². The molecule has 0 spiro atoms. The lowest BCUT2D eigenvalue weighted by atomic mass is 10.1. The van der Waals surface area contributed by atoms with Crippen molar-refractivity contribution >= 4 is 29.2 Å². The van der Waals surface area contributed by atoms with Crippen LogP contribution in [0.25, 0.3) is 0 Å². The number of anilines is 1. The van der Waals surface area contributed by atoms with Gasteiger partial charge in [0.05, 0.1) is 4.92 Å². The van der Waals surface area contributed by atoms with Crippen molar-refractivity contribution in [3.05, 3.63) is 63.3 Å². The standard InChI is InChI=1S/C15H15N3O3S/c1-10-7-13(18(20)21)8-16-14(10)17-15(19)12-5-3-11(4-6-12)9-22-2/h3-8H,9H2,1-2H3,(H,16,17,19). The Morgan fingerprint density at radius 3 is 2.59 bits per heavy atom. The molecule has 2 rings (SSSR count). The van der Waals surface area contributed by atoms with E-state index < -0.39 is 4.92 Å². The van der Waals surface area contributed by atoms with Crippen molar-refractivity contribution in [2.24, 2.45) is 0 Å². The summed E-state index contributed by atoms with van der Waals surface area (Å²) in [6.07, 6.45) is 3.15. The largest absolute Gasteiger partial charge is 0.306 e. The average molecular weight is 317 g/mol. The van der Waals surface area contributed by atoms with E-state index in [0.717, 1.165) is 17.5 Å². The van der Waals surface area contributed by atoms with Crippen LogP contribution in [0.2, 0.25) is 0 Å². The second kappa shape index (κ2) is 7.04. The Kier molecular flexibility index (Phi) is 5.11. The van der Waals surface area contributed by atoms with Gasteiger partial charge < -0.3 is 5.32 Å². The minimum Gasteiger partial charge on any atom is -0.306 e. The zero-order chi connectivity index (χ0) is 16.1. The second-order valence-corrected chi connectivity index (χ2v) is 5.57. The van der Waals surface area contributed by atoms with Crippen molar-refractivity contribution in [3.8, 4) is 0 Å². The van der Waals surface area contributed by atoms with Gasteiger partial charge in [0.15, 0.2) is 0 Å². The normalized spacial score (nSPS) is 10.3. The predicted octanol–water partition coefficient (Wildman–Crippen LogP) is 3.41. The summed E-state index contributed by atoms with van der Waals surface area (Å²) in [6.45, 7) is 1.66. The number of aryl methyl sites for hydroxylation is 1. The molecule has 0 unspecified atom stereocenters. The summed E-state index contributed by atoms with van der Waals surface area (Å²) < 4.78 is 0. The van der Waals surface area contributed by atoms with Crippen LogP contribution in [0, 0.1) is 17.0 Å². The van der Waals surface area contributed by atoms with Gasteiger partial charge in [-0.3, -0.25) is 14.9 Å². The quantitative estimate of drug-likeness (QED) is 0.674. The van der Waals surface area contributed by atoms with Crippen molar-refractivity contribution in [1.29, 1.82) is 0 Å².